The minimum absolute atomic E-state index is 0.0115. The van der Waals surface area contributed by atoms with E-state index in [4.69, 9.17) is 16.6 Å². The average molecular weight is 538 g/mol. The Kier molecular flexibility index (Phi) is 13.8. The van der Waals surface area contributed by atoms with Gasteiger partial charge in [0.15, 0.2) is 0 Å². The molecule has 1 aromatic rings. The molecule has 4 atom stereocenters. The molecule has 0 fully saturated rings. The Labute approximate surface area is 221 Å². The van der Waals surface area contributed by atoms with Crippen molar-refractivity contribution in [2.24, 2.45) is 17.4 Å². The number of carbonyl (C=O) groups is 5. The van der Waals surface area contributed by atoms with Gasteiger partial charge >= 0.3 is 11.9 Å². The van der Waals surface area contributed by atoms with E-state index in [9.17, 15) is 34.2 Å². The predicted molar refractivity (Wildman–Crippen MR) is 138 cm³/mol. The summed E-state index contributed by atoms with van der Waals surface area (Å²) in [5.74, 6) is -4.92. The summed E-state index contributed by atoms with van der Waals surface area (Å²) >= 11 is 0. The first-order valence-electron chi connectivity index (χ1n) is 12.4. The van der Waals surface area contributed by atoms with Crippen LogP contribution in [0.1, 0.15) is 51.5 Å². The summed E-state index contributed by atoms with van der Waals surface area (Å²) in [5, 5.41) is 35.4. The van der Waals surface area contributed by atoms with Crippen molar-refractivity contribution in [2.75, 3.05) is 6.54 Å². The molecule has 0 radical (unpaired) electrons. The van der Waals surface area contributed by atoms with E-state index in [1.54, 1.807) is 13.8 Å². The topological polar surface area (TPSA) is 234 Å². The summed E-state index contributed by atoms with van der Waals surface area (Å²) < 4.78 is 0. The van der Waals surface area contributed by atoms with Crippen molar-refractivity contribution < 1.29 is 39.3 Å². The molecule has 0 aromatic heterocycles. The molecule has 0 aliphatic carbocycles. The molecule has 0 spiro atoms. The van der Waals surface area contributed by atoms with E-state index < -0.39 is 60.2 Å². The molecule has 0 aliphatic heterocycles. The van der Waals surface area contributed by atoms with Crippen LogP contribution in [0.3, 0.4) is 0 Å². The van der Waals surface area contributed by atoms with Crippen molar-refractivity contribution in [1.82, 2.24) is 16.0 Å². The van der Waals surface area contributed by atoms with Gasteiger partial charge in [-0.1, -0.05) is 26.0 Å². The maximum absolute atomic E-state index is 13.2. The van der Waals surface area contributed by atoms with Gasteiger partial charge in [0.05, 0.1) is 6.04 Å². The maximum atomic E-state index is 13.2. The van der Waals surface area contributed by atoms with E-state index in [1.165, 1.54) is 24.3 Å². The van der Waals surface area contributed by atoms with Crippen LogP contribution in [0.25, 0.3) is 0 Å². The van der Waals surface area contributed by atoms with Crippen LogP contribution in [0, 0.1) is 5.92 Å². The summed E-state index contributed by atoms with van der Waals surface area (Å²) in [4.78, 5) is 61.4. The Bertz CT molecular complexity index is 954. The Morgan fingerprint density at radius 2 is 1.37 bits per heavy atom. The number of hydrogen-bond acceptors (Lipinski definition) is 8. The van der Waals surface area contributed by atoms with Gasteiger partial charge in [0.1, 0.15) is 23.9 Å². The summed E-state index contributed by atoms with van der Waals surface area (Å²) in [5.41, 5.74) is 12.0. The quantitative estimate of drug-likeness (QED) is 0.118. The molecule has 0 bridgehead atoms. The van der Waals surface area contributed by atoms with Crippen LogP contribution in [-0.2, 0) is 30.4 Å². The third kappa shape index (κ3) is 11.6. The number of carboxylic acids is 2. The van der Waals surface area contributed by atoms with Crippen LogP contribution in [0.5, 0.6) is 5.75 Å². The zero-order chi connectivity index (χ0) is 28.8. The summed E-state index contributed by atoms with van der Waals surface area (Å²) in [6.07, 6.45) is 0.411. The molecule has 212 valence electrons. The number of hydrogen-bond donors (Lipinski definition) is 8. The van der Waals surface area contributed by atoms with Gasteiger partial charge in [0.2, 0.25) is 17.7 Å². The van der Waals surface area contributed by atoms with Crippen LogP contribution >= 0.6 is 0 Å². The van der Waals surface area contributed by atoms with Crippen LogP contribution in [0.15, 0.2) is 24.3 Å². The molecule has 1 rings (SSSR count). The van der Waals surface area contributed by atoms with Crippen LogP contribution in [-0.4, -0.2) is 75.7 Å². The number of nitrogens with two attached hydrogens (primary N) is 2. The van der Waals surface area contributed by atoms with E-state index in [1.807, 2.05) is 0 Å². The molecule has 0 saturated carbocycles. The first kappa shape index (κ1) is 32.3. The SMILES string of the molecule is CC(C)C(N)C(=O)NC(CCCCN)C(=O)NC(Cc1ccc(O)cc1)C(=O)NC(CCC(=O)O)C(=O)O. The van der Waals surface area contributed by atoms with Crippen molar-refractivity contribution in [3.8, 4) is 5.75 Å². The number of phenols is 1. The number of unbranched alkanes of at least 4 members (excludes halogenated alkanes) is 1. The monoisotopic (exact) mass is 537 g/mol. The second-order valence-corrected chi connectivity index (χ2v) is 9.38. The predicted octanol–water partition coefficient (Wildman–Crippen LogP) is -0.549. The van der Waals surface area contributed by atoms with Crippen molar-refractivity contribution in [1.29, 1.82) is 0 Å². The number of nitrogens with one attached hydrogen (secondary N) is 3. The third-order valence-corrected chi connectivity index (χ3v) is 5.87. The van der Waals surface area contributed by atoms with Gasteiger partial charge < -0.3 is 42.7 Å². The number of carbonyl (C=O) groups excluding carboxylic acids is 3. The highest BCUT2D eigenvalue weighted by molar-refractivity contribution is 5.94. The number of benzene rings is 1. The zero-order valence-electron chi connectivity index (χ0n) is 21.7. The Balaban J connectivity index is 3.16. The van der Waals surface area contributed by atoms with Crippen molar-refractivity contribution in [2.45, 2.75) is 76.5 Å². The molecule has 1 aromatic carbocycles. The minimum Gasteiger partial charge on any atom is -0.508 e. The van der Waals surface area contributed by atoms with E-state index in [2.05, 4.69) is 16.0 Å². The van der Waals surface area contributed by atoms with Gasteiger partial charge in [-0.25, -0.2) is 4.79 Å². The van der Waals surface area contributed by atoms with Crippen LogP contribution < -0.4 is 27.4 Å². The molecule has 0 saturated heterocycles. The van der Waals surface area contributed by atoms with Crippen molar-refractivity contribution in [3.63, 3.8) is 0 Å². The second kappa shape index (κ2) is 16.2. The first-order chi connectivity index (χ1) is 17.8. The fourth-order valence-corrected chi connectivity index (χ4v) is 3.48. The van der Waals surface area contributed by atoms with Crippen molar-refractivity contribution in [3.05, 3.63) is 29.8 Å². The molecule has 13 nitrogen and oxygen atoms in total. The zero-order valence-corrected chi connectivity index (χ0v) is 21.7. The molecule has 38 heavy (non-hydrogen) atoms. The smallest absolute Gasteiger partial charge is 0.326 e. The number of aliphatic carboxylic acids is 2. The Hall–Kier alpha value is -3.71. The van der Waals surface area contributed by atoms with Gasteiger partial charge in [-0.15, -0.1) is 0 Å². The molecule has 0 heterocycles. The Morgan fingerprint density at radius 1 is 0.816 bits per heavy atom. The van der Waals surface area contributed by atoms with Gasteiger partial charge in [0, 0.05) is 12.8 Å². The van der Waals surface area contributed by atoms with Gasteiger partial charge in [-0.2, -0.15) is 0 Å². The maximum Gasteiger partial charge on any atom is 0.326 e. The highest BCUT2D eigenvalue weighted by atomic mass is 16.4. The lowest BCUT2D eigenvalue weighted by atomic mass is 10.0. The van der Waals surface area contributed by atoms with E-state index in [0.717, 1.165) is 0 Å². The van der Waals surface area contributed by atoms with Crippen molar-refractivity contribution >= 4 is 29.7 Å². The molecular formula is C25H39N5O8. The normalized spacial score (nSPS) is 14.1. The molecule has 10 N–H and O–H groups in total. The average Bonchev–Trinajstić information content (AvgIpc) is 2.85. The number of amides is 3. The fraction of sp³-hybridized carbons (Fsp3) is 0.560. The van der Waals surface area contributed by atoms with E-state index in [-0.39, 0.29) is 30.9 Å². The lowest BCUT2D eigenvalue weighted by Crippen LogP contribution is -2.58. The molecular weight excluding hydrogens is 498 g/mol. The molecule has 13 heteroatoms. The third-order valence-electron chi connectivity index (χ3n) is 5.87. The molecule has 4 unspecified atom stereocenters. The molecule has 3 amide bonds. The van der Waals surface area contributed by atoms with Gasteiger partial charge in [-0.05, 0) is 55.8 Å². The highest BCUT2D eigenvalue weighted by Gasteiger charge is 2.31. The minimum atomic E-state index is -1.50. The van der Waals surface area contributed by atoms with E-state index >= 15 is 0 Å². The lowest BCUT2D eigenvalue weighted by molar-refractivity contribution is -0.143. The number of aromatic hydroxyl groups is 1. The van der Waals surface area contributed by atoms with Crippen LogP contribution in [0.2, 0.25) is 0 Å². The standard InChI is InChI=1S/C25H39N5O8/c1-14(2)21(27)24(36)28-17(5-3-4-12-26)22(34)30-19(13-15-6-8-16(31)9-7-15)23(35)29-18(25(37)38)10-11-20(32)33/h6-9,14,17-19,21,31H,3-5,10-13,26-27H2,1-2H3,(H,28,36)(H,29,35)(H,30,34)(H,32,33)(H,37,38). The summed E-state index contributed by atoms with van der Waals surface area (Å²) in [7, 11) is 0. The number of carboxylic acid groups (broad SMARTS) is 2. The lowest BCUT2D eigenvalue weighted by Gasteiger charge is -2.26. The summed E-state index contributed by atoms with van der Waals surface area (Å²) in [6, 6.07) is 1.18. The number of rotatable bonds is 17. The highest BCUT2D eigenvalue weighted by Crippen LogP contribution is 2.13. The first-order valence-corrected chi connectivity index (χ1v) is 12.4. The van der Waals surface area contributed by atoms with Gasteiger partial charge in [0.25, 0.3) is 0 Å². The van der Waals surface area contributed by atoms with Gasteiger partial charge in [-0.3, -0.25) is 19.2 Å². The second-order valence-electron chi connectivity index (χ2n) is 9.38. The molecule has 0 aliphatic rings. The number of phenolic OH excluding ortho intramolecular Hbond substituents is 1. The van der Waals surface area contributed by atoms with Crippen LogP contribution in [0.4, 0.5) is 0 Å². The Morgan fingerprint density at radius 3 is 1.89 bits per heavy atom. The largest absolute Gasteiger partial charge is 0.508 e. The summed E-state index contributed by atoms with van der Waals surface area (Å²) in [6.45, 7) is 3.90. The fourth-order valence-electron chi connectivity index (χ4n) is 3.48. The van der Waals surface area contributed by atoms with E-state index in [0.29, 0.717) is 24.9 Å².